The van der Waals surface area contributed by atoms with E-state index in [9.17, 15) is 4.79 Å². The zero-order valence-corrected chi connectivity index (χ0v) is 13.4. The molecule has 0 radical (unpaired) electrons. The molecular weight excluding hydrogens is 286 g/mol. The first-order valence-electron chi connectivity index (χ1n) is 6.82. The summed E-state index contributed by atoms with van der Waals surface area (Å²) < 4.78 is 1.57. The standard InChI is InChI=1S/C14H19N5OS/c1-5-21-11-7-6-10(8-15-11)13(20)17-14-16-12(9(2)3)18-19(14)4/h6-9H,5H2,1-4H3,(H,16,17,18,20). The number of nitrogens with zero attached hydrogens (tertiary/aromatic N) is 4. The van der Waals surface area contributed by atoms with Crippen LogP contribution in [0.25, 0.3) is 0 Å². The van der Waals surface area contributed by atoms with Crippen molar-refractivity contribution >= 4 is 23.6 Å². The molecule has 2 aromatic rings. The summed E-state index contributed by atoms with van der Waals surface area (Å²) in [6, 6.07) is 3.61. The van der Waals surface area contributed by atoms with Gasteiger partial charge in [-0.25, -0.2) is 9.67 Å². The molecule has 21 heavy (non-hydrogen) atoms. The number of nitrogens with one attached hydrogen (secondary N) is 1. The lowest BCUT2D eigenvalue weighted by molar-refractivity contribution is 0.102. The quantitative estimate of drug-likeness (QED) is 0.860. The predicted octanol–water partition coefficient (Wildman–Crippen LogP) is 2.70. The van der Waals surface area contributed by atoms with E-state index in [2.05, 4.69) is 27.3 Å². The SMILES string of the molecule is CCSc1ccc(C(=O)Nc2nc(C(C)C)nn2C)cn1. The van der Waals surface area contributed by atoms with Gasteiger partial charge in [0, 0.05) is 19.2 Å². The zero-order valence-electron chi connectivity index (χ0n) is 12.6. The molecule has 0 unspecified atom stereocenters. The van der Waals surface area contributed by atoms with Crippen molar-refractivity contribution < 1.29 is 4.79 Å². The number of rotatable bonds is 5. The predicted molar refractivity (Wildman–Crippen MR) is 83.7 cm³/mol. The first-order valence-corrected chi connectivity index (χ1v) is 7.81. The normalized spacial score (nSPS) is 10.9. The molecule has 0 aliphatic carbocycles. The van der Waals surface area contributed by atoms with Crippen molar-refractivity contribution in [2.75, 3.05) is 11.1 Å². The highest BCUT2D eigenvalue weighted by atomic mass is 32.2. The van der Waals surface area contributed by atoms with Gasteiger partial charge in [0.25, 0.3) is 5.91 Å². The minimum atomic E-state index is -0.235. The van der Waals surface area contributed by atoms with Crippen LogP contribution in [-0.2, 0) is 7.05 Å². The molecule has 2 rings (SSSR count). The number of anilines is 1. The number of aromatic nitrogens is 4. The highest BCUT2D eigenvalue weighted by Crippen LogP contribution is 2.16. The average Bonchev–Trinajstić information content (AvgIpc) is 2.81. The van der Waals surface area contributed by atoms with Gasteiger partial charge in [0.05, 0.1) is 10.6 Å². The fourth-order valence-corrected chi connectivity index (χ4v) is 2.27. The topological polar surface area (TPSA) is 72.7 Å². The van der Waals surface area contributed by atoms with E-state index >= 15 is 0 Å². The Morgan fingerprint density at radius 2 is 2.19 bits per heavy atom. The van der Waals surface area contributed by atoms with Crippen LogP contribution in [0.3, 0.4) is 0 Å². The Labute approximate surface area is 128 Å². The van der Waals surface area contributed by atoms with Gasteiger partial charge in [-0.15, -0.1) is 11.8 Å². The van der Waals surface area contributed by atoms with E-state index in [1.54, 1.807) is 35.8 Å². The van der Waals surface area contributed by atoms with E-state index in [0.29, 0.717) is 17.3 Å². The lowest BCUT2D eigenvalue weighted by atomic mass is 10.2. The van der Waals surface area contributed by atoms with Gasteiger partial charge in [0.1, 0.15) is 0 Å². The Balaban J connectivity index is 2.10. The number of hydrogen-bond acceptors (Lipinski definition) is 5. The molecule has 0 aromatic carbocycles. The van der Waals surface area contributed by atoms with Crippen LogP contribution in [0.5, 0.6) is 0 Å². The van der Waals surface area contributed by atoms with Crippen LogP contribution in [-0.4, -0.2) is 31.4 Å². The van der Waals surface area contributed by atoms with Crippen LogP contribution in [0.1, 0.15) is 42.9 Å². The highest BCUT2D eigenvalue weighted by molar-refractivity contribution is 7.99. The van der Waals surface area contributed by atoms with E-state index in [4.69, 9.17) is 0 Å². The highest BCUT2D eigenvalue weighted by Gasteiger charge is 2.14. The van der Waals surface area contributed by atoms with Crippen LogP contribution in [0.4, 0.5) is 5.95 Å². The minimum Gasteiger partial charge on any atom is -0.291 e. The molecule has 112 valence electrons. The third-order valence-electron chi connectivity index (χ3n) is 2.81. The number of aryl methyl sites for hydroxylation is 1. The number of hydrogen-bond donors (Lipinski definition) is 1. The third-order valence-corrected chi connectivity index (χ3v) is 3.64. The third kappa shape index (κ3) is 3.81. The van der Waals surface area contributed by atoms with Crippen molar-refractivity contribution in [3.63, 3.8) is 0 Å². The van der Waals surface area contributed by atoms with Crippen molar-refractivity contribution in [1.29, 1.82) is 0 Å². The van der Waals surface area contributed by atoms with Crippen LogP contribution in [0, 0.1) is 0 Å². The lowest BCUT2D eigenvalue weighted by Crippen LogP contribution is -2.15. The average molecular weight is 305 g/mol. The van der Waals surface area contributed by atoms with Gasteiger partial charge in [0.2, 0.25) is 5.95 Å². The minimum absolute atomic E-state index is 0.217. The van der Waals surface area contributed by atoms with Crippen LogP contribution in [0.15, 0.2) is 23.4 Å². The number of thioether (sulfide) groups is 1. The summed E-state index contributed by atoms with van der Waals surface area (Å²) in [5.74, 6) is 2.08. The van der Waals surface area contributed by atoms with Crippen LogP contribution in [0.2, 0.25) is 0 Å². The molecule has 0 saturated heterocycles. The summed E-state index contributed by atoms with van der Waals surface area (Å²) in [6.07, 6.45) is 1.58. The van der Waals surface area contributed by atoms with Crippen molar-refractivity contribution in [3.8, 4) is 0 Å². The van der Waals surface area contributed by atoms with Gasteiger partial charge in [-0.2, -0.15) is 10.1 Å². The first-order chi connectivity index (χ1) is 10.0. The Morgan fingerprint density at radius 1 is 1.43 bits per heavy atom. The summed E-state index contributed by atoms with van der Waals surface area (Å²) in [4.78, 5) is 20.7. The molecule has 0 atom stereocenters. The Kier molecular flexibility index (Phi) is 4.95. The van der Waals surface area contributed by atoms with Crippen LogP contribution >= 0.6 is 11.8 Å². The maximum atomic E-state index is 12.2. The first kappa shape index (κ1) is 15.5. The Bertz CT molecular complexity index is 621. The van der Waals surface area contributed by atoms with E-state index < -0.39 is 0 Å². The number of amides is 1. The molecular formula is C14H19N5OS. The van der Waals surface area contributed by atoms with Gasteiger partial charge in [0.15, 0.2) is 5.82 Å². The van der Waals surface area contributed by atoms with Gasteiger partial charge in [-0.05, 0) is 17.9 Å². The van der Waals surface area contributed by atoms with E-state index in [-0.39, 0.29) is 11.8 Å². The molecule has 2 heterocycles. The number of carbonyl (C=O) groups is 1. The molecule has 2 aromatic heterocycles. The molecule has 0 aliphatic rings. The smallest absolute Gasteiger partial charge is 0.259 e. The molecule has 0 fully saturated rings. The number of pyridine rings is 1. The lowest BCUT2D eigenvalue weighted by Gasteiger charge is -2.04. The summed E-state index contributed by atoms with van der Waals surface area (Å²) in [5, 5.41) is 7.94. The summed E-state index contributed by atoms with van der Waals surface area (Å²) in [5.41, 5.74) is 0.504. The second-order valence-corrected chi connectivity index (χ2v) is 6.13. The molecule has 6 nitrogen and oxygen atoms in total. The fraction of sp³-hybridized carbons (Fsp3) is 0.429. The fourth-order valence-electron chi connectivity index (χ4n) is 1.68. The Morgan fingerprint density at radius 3 is 2.71 bits per heavy atom. The molecule has 1 N–H and O–H groups in total. The Hall–Kier alpha value is -1.89. The molecule has 0 spiro atoms. The summed E-state index contributed by atoms with van der Waals surface area (Å²) in [7, 11) is 1.76. The van der Waals surface area contributed by atoms with E-state index in [0.717, 1.165) is 10.8 Å². The van der Waals surface area contributed by atoms with Crippen molar-refractivity contribution in [2.24, 2.45) is 7.05 Å². The maximum Gasteiger partial charge on any atom is 0.259 e. The molecule has 0 aliphatic heterocycles. The molecule has 1 amide bonds. The van der Waals surface area contributed by atoms with Gasteiger partial charge < -0.3 is 0 Å². The molecule has 0 saturated carbocycles. The van der Waals surface area contributed by atoms with Gasteiger partial charge in [-0.3, -0.25) is 10.1 Å². The summed E-state index contributed by atoms with van der Waals surface area (Å²) in [6.45, 7) is 6.08. The van der Waals surface area contributed by atoms with Crippen molar-refractivity contribution in [3.05, 3.63) is 29.7 Å². The van der Waals surface area contributed by atoms with Gasteiger partial charge >= 0.3 is 0 Å². The van der Waals surface area contributed by atoms with E-state index in [1.165, 1.54) is 0 Å². The molecule has 0 bridgehead atoms. The largest absolute Gasteiger partial charge is 0.291 e. The monoisotopic (exact) mass is 305 g/mol. The number of carbonyl (C=O) groups excluding carboxylic acids is 1. The van der Waals surface area contributed by atoms with Crippen molar-refractivity contribution in [2.45, 2.75) is 31.7 Å². The van der Waals surface area contributed by atoms with E-state index in [1.807, 2.05) is 19.9 Å². The second-order valence-electron chi connectivity index (χ2n) is 4.84. The second kappa shape index (κ2) is 6.71. The van der Waals surface area contributed by atoms with Crippen molar-refractivity contribution in [1.82, 2.24) is 19.7 Å². The summed E-state index contributed by atoms with van der Waals surface area (Å²) >= 11 is 1.64. The zero-order chi connectivity index (χ0) is 15.4. The van der Waals surface area contributed by atoms with Crippen LogP contribution < -0.4 is 5.32 Å². The van der Waals surface area contributed by atoms with Gasteiger partial charge in [-0.1, -0.05) is 20.8 Å². The molecule has 7 heteroatoms. The maximum absolute atomic E-state index is 12.2.